The van der Waals surface area contributed by atoms with Gasteiger partial charge in [0.25, 0.3) is 0 Å². The van der Waals surface area contributed by atoms with E-state index >= 15 is 0 Å². The Bertz CT molecular complexity index is 53.9. The van der Waals surface area contributed by atoms with Crippen molar-refractivity contribution in [2.45, 2.75) is 13.8 Å². The van der Waals surface area contributed by atoms with Crippen LogP contribution in [-0.4, -0.2) is 11.3 Å². The van der Waals surface area contributed by atoms with Crippen LogP contribution in [0.25, 0.3) is 0 Å². The molecule has 0 rings (SSSR count). The molecule has 0 unspecified atom stereocenters. The summed E-state index contributed by atoms with van der Waals surface area (Å²) in [6.07, 6.45) is 3.31. The van der Waals surface area contributed by atoms with Crippen molar-refractivity contribution in [3.63, 3.8) is 0 Å². The average molecular weight is 129 g/mol. The Morgan fingerprint density at radius 1 is 1.33 bits per heavy atom. The van der Waals surface area contributed by atoms with Gasteiger partial charge in [0.2, 0.25) is 0 Å². The largest absolute Gasteiger partial charge is 0.516 e. The van der Waals surface area contributed by atoms with Gasteiger partial charge < -0.3 is 10.5 Å². The normalized spacial score (nSPS) is 4.22. The number of hydrogen-bond donors (Lipinski definition) is 2. The van der Waals surface area contributed by atoms with Crippen LogP contribution >= 0.6 is 0 Å². The smallest absolute Gasteiger partial charge is 0.0719 e. The monoisotopic (exact) mass is 129 g/mol. The van der Waals surface area contributed by atoms with E-state index in [1.165, 1.54) is 6.08 Å². The second-order valence-electron chi connectivity index (χ2n) is 0.585. The SMILES string of the molecule is C=CC=N.C=CO.CC. The number of hydrogen-bond acceptors (Lipinski definition) is 2. The molecule has 0 saturated carbocycles. The number of allylic oxidation sites excluding steroid dienone is 1. The fourth-order valence-corrected chi connectivity index (χ4v) is 0. The fourth-order valence-electron chi connectivity index (χ4n) is 0. The van der Waals surface area contributed by atoms with Gasteiger partial charge in [0, 0.05) is 6.21 Å². The molecule has 0 aliphatic carbocycles. The summed E-state index contributed by atoms with van der Waals surface area (Å²) >= 11 is 0. The molecule has 0 bridgehead atoms. The van der Waals surface area contributed by atoms with Crippen molar-refractivity contribution >= 4 is 6.21 Å². The van der Waals surface area contributed by atoms with Crippen LogP contribution in [0.1, 0.15) is 13.8 Å². The molecule has 0 aromatic carbocycles. The van der Waals surface area contributed by atoms with E-state index in [2.05, 4.69) is 13.2 Å². The van der Waals surface area contributed by atoms with Crippen LogP contribution in [0.2, 0.25) is 0 Å². The van der Waals surface area contributed by atoms with Crippen LogP contribution in [-0.2, 0) is 0 Å². The highest BCUT2D eigenvalue weighted by atomic mass is 16.2. The van der Waals surface area contributed by atoms with E-state index < -0.39 is 0 Å². The lowest BCUT2D eigenvalue weighted by molar-refractivity contribution is 0.476. The summed E-state index contributed by atoms with van der Waals surface area (Å²) in [4.78, 5) is 0. The first kappa shape index (κ1) is 15.7. The van der Waals surface area contributed by atoms with Gasteiger partial charge in [0.05, 0.1) is 6.26 Å². The Kier molecular flexibility index (Phi) is 113. The lowest BCUT2D eigenvalue weighted by atomic mass is 10.7. The van der Waals surface area contributed by atoms with Gasteiger partial charge in [-0.1, -0.05) is 33.1 Å². The van der Waals surface area contributed by atoms with Crippen LogP contribution < -0.4 is 0 Å². The van der Waals surface area contributed by atoms with Crippen LogP contribution in [0, 0.1) is 5.41 Å². The van der Waals surface area contributed by atoms with Crippen molar-refractivity contribution in [3.8, 4) is 0 Å². The first-order valence-electron chi connectivity index (χ1n) is 2.70. The molecule has 0 aromatic rings. The molecule has 0 amide bonds. The Labute approximate surface area is 57.0 Å². The van der Waals surface area contributed by atoms with Gasteiger partial charge in [-0.25, -0.2) is 0 Å². The zero-order valence-electron chi connectivity index (χ0n) is 6.09. The summed E-state index contributed by atoms with van der Waals surface area (Å²) in [6.45, 7) is 10.2. The summed E-state index contributed by atoms with van der Waals surface area (Å²) < 4.78 is 0. The minimum atomic E-state index is 0.750. The Morgan fingerprint density at radius 3 is 1.44 bits per heavy atom. The van der Waals surface area contributed by atoms with E-state index in [0.29, 0.717) is 0 Å². The topological polar surface area (TPSA) is 44.1 Å². The van der Waals surface area contributed by atoms with Crippen molar-refractivity contribution in [2.75, 3.05) is 0 Å². The van der Waals surface area contributed by atoms with Crippen molar-refractivity contribution < 1.29 is 5.11 Å². The predicted octanol–water partition coefficient (Wildman–Crippen LogP) is 2.54. The molecule has 9 heavy (non-hydrogen) atoms. The van der Waals surface area contributed by atoms with Gasteiger partial charge in [-0.05, 0) is 0 Å². The molecule has 0 heterocycles. The van der Waals surface area contributed by atoms with Crippen molar-refractivity contribution in [1.82, 2.24) is 0 Å². The minimum Gasteiger partial charge on any atom is -0.516 e. The van der Waals surface area contributed by atoms with Gasteiger partial charge in [-0.3, -0.25) is 0 Å². The molecule has 0 atom stereocenters. The number of aliphatic hydroxyl groups excluding tert-OH is 1. The molecule has 2 nitrogen and oxygen atoms in total. The van der Waals surface area contributed by atoms with E-state index in [1.54, 1.807) is 0 Å². The third kappa shape index (κ3) is 68100. The molecule has 0 aliphatic heterocycles. The quantitative estimate of drug-likeness (QED) is 0.414. The summed E-state index contributed by atoms with van der Waals surface area (Å²) in [5, 5.41) is 13.5. The maximum Gasteiger partial charge on any atom is 0.0719 e. The number of aliphatic hydroxyl groups is 1. The fraction of sp³-hybridized carbons (Fsp3) is 0.286. The molecule has 0 saturated heterocycles. The second-order valence-corrected chi connectivity index (χ2v) is 0.585. The Balaban J connectivity index is -0.0000000646. The van der Waals surface area contributed by atoms with E-state index in [-0.39, 0.29) is 0 Å². The first-order chi connectivity index (χ1) is 4.33. The van der Waals surface area contributed by atoms with Crippen molar-refractivity contribution in [3.05, 3.63) is 25.5 Å². The van der Waals surface area contributed by atoms with E-state index in [9.17, 15) is 0 Å². The molecular weight excluding hydrogens is 114 g/mol. The molecule has 0 radical (unpaired) electrons. The highest BCUT2D eigenvalue weighted by Crippen LogP contribution is 1.37. The van der Waals surface area contributed by atoms with E-state index in [4.69, 9.17) is 10.5 Å². The second kappa shape index (κ2) is 64.7. The molecule has 0 fully saturated rings. The summed E-state index contributed by atoms with van der Waals surface area (Å²) in [7, 11) is 0. The van der Waals surface area contributed by atoms with Crippen LogP contribution in [0.15, 0.2) is 25.5 Å². The van der Waals surface area contributed by atoms with Gasteiger partial charge in [0.15, 0.2) is 0 Å². The van der Waals surface area contributed by atoms with E-state index in [0.717, 1.165) is 12.5 Å². The first-order valence-corrected chi connectivity index (χ1v) is 2.70. The van der Waals surface area contributed by atoms with Crippen LogP contribution in [0.3, 0.4) is 0 Å². The van der Waals surface area contributed by atoms with Crippen LogP contribution in [0.5, 0.6) is 0 Å². The van der Waals surface area contributed by atoms with E-state index in [1.807, 2.05) is 13.8 Å². The Hall–Kier alpha value is -1.05. The number of nitrogens with one attached hydrogen (secondary N) is 1. The number of rotatable bonds is 1. The minimum absolute atomic E-state index is 0.750. The Morgan fingerprint density at radius 2 is 1.44 bits per heavy atom. The summed E-state index contributed by atoms with van der Waals surface area (Å²) in [5.41, 5.74) is 0. The average Bonchev–Trinajstić information content (AvgIpc) is 1.94. The molecule has 0 spiro atoms. The molecule has 2 N–H and O–H groups in total. The standard InChI is InChI=1S/C3H5N.C2H4O.C2H6/c1-2-3-4;1-2-3;1-2/h2-4H,1H2;2-3H,1H2;1-2H3. The maximum absolute atomic E-state index is 7.33. The molecule has 2 heteroatoms. The lowest BCUT2D eigenvalue weighted by Gasteiger charge is -1.43. The third-order valence-electron chi connectivity index (χ3n) is 0.118. The third-order valence-corrected chi connectivity index (χ3v) is 0.118. The zero-order chi connectivity index (χ0) is 8.12. The van der Waals surface area contributed by atoms with Crippen molar-refractivity contribution in [2.24, 2.45) is 0 Å². The lowest BCUT2D eigenvalue weighted by Crippen LogP contribution is -1.41. The molecule has 0 aromatic heterocycles. The summed E-state index contributed by atoms with van der Waals surface area (Å²) in [6, 6.07) is 0. The van der Waals surface area contributed by atoms with Gasteiger partial charge >= 0.3 is 0 Å². The zero-order valence-corrected chi connectivity index (χ0v) is 6.09. The van der Waals surface area contributed by atoms with Crippen molar-refractivity contribution in [1.29, 1.82) is 5.41 Å². The highest BCUT2D eigenvalue weighted by molar-refractivity contribution is 5.66. The molecular formula is C7H15NO. The van der Waals surface area contributed by atoms with Gasteiger partial charge in [0.1, 0.15) is 0 Å². The van der Waals surface area contributed by atoms with Gasteiger partial charge in [-0.15, -0.1) is 0 Å². The predicted molar refractivity (Wildman–Crippen MR) is 43.2 cm³/mol. The molecule has 54 valence electrons. The molecule has 0 aliphatic rings. The van der Waals surface area contributed by atoms with Gasteiger partial charge in [-0.2, -0.15) is 0 Å². The summed E-state index contributed by atoms with van der Waals surface area (Å²) in [5.74, 6) is 0. The van der Waals surface area contributed by atoms with Crippen LogP contribution in [0.4, 0.5) is 0 Å². The maximum atomic E-state index is 7.33. The highest BCUT2D eigenvalue weighted by Gasteiger charge is 1.31.